The van der Waals surface area contributed by atoms with E-state index in [1.807, 2.05) is 12.1 Å². The normalized spacial score (nSPS) is 23.9. The summed E-state index contributed by atoms with van der Waals surface area (Å²) in [6.07, 6.45) is 2.18. The van der Waals surface area contributed by atoms with Gasteiger partial charge in [0.25, 0.3) is 0 Å². The Hall–Kier alpha value is -1.17. The molecular formula is C14H23N3O2. The summed E-state index contributed by atoms with van der Waals surface area (Å²) in [6, 6.07) is 3.69. The highest BCUT2D eigenvalue weighted by molar-refractivity contribution is 5.29. The van der Waals surface area contributed by atoms with Crippen LogP contribution < -0.4 is 4.74 Å². The Kier molecular flexibility index (Phi) is 4.74. The smallest absolute Gasteiger partial charge is 0.143 e. The van der Waals surface area contributed by atoms with Crippen LogP contribution in [0.5, 0.6) is 5.75 Å². The molecule has 2 rings (SSSR count). The average molecular weight is 265 g/mol. The lowest BCUT2D eigenvalue weighted by atomic mass is 10.0. The van der Waals surface area contributed by atoms with Crippen LogP contribution in [0.4, 0.5) is 0 Å². The highest BCUT2D eigenvalue weighted by atomic mass is 16.5. The van der Waals surface area contributed by atoms with Crippen LogP contribution in [-0.4, -0.2) is 66.8 Å². The largest absolute Gasteiger partial charge is 0.495 e. The van der Waals surface area contributed by atoms with Crippen molar-refractivity contribution in [1.29, 1.82) is 0 Å². The van der Waals surface area contributed by atoms with Gasteiger partial charge in [0.15, 0.2) is 0 Å². The zero-order valence-corrected chi connectivity index (χ0v) is 11.9. The molecule has 0 bridgehead atoms. The first-order valence-electron chi connectivity index (χ1n) is 6.69. The third kappa shape index (κ3) is 3.23. The Bertz CT molecular complexity index is 413. The second kappa shape index (κ2) is 6.32. The van der Waals surface area contributed by atoms with Gasteiger partial charge in [0.05, 0.1) is 13.2 Å². The van der Waals surface area contributed by atoms with Crippen molar-refractivity contribution >= 4 is 0 Å². The van der Waals surface area contributed by atoms with Gasteiger partial charge < -0.3 is 14.7 Å². The van der Waals surface area contributed by atoms with Gasteiger partial charge >= 0.3 is 0 Å². The molecule has 2 atom stereocenters. The molecular weight excluding hydrogens is 242 g/mol. The fourth-order valence-electron chi connectivity index (χ4n) is 2.63. The molecule has 0 radical (unpaired) electrons. The van der Waals surface area contributed by atoms with Crippen molar-refractivity contribution in [3.05, 3.63) is 24.0 Å². The van der Waals surface area contributed by atoms with E-state index in [9.17, 15) is 5.11 Å². The molecule has 19 heavy (non-hydrogen) atoms. The number of ether oxygens (including phenoxy) is 1. The zero-order chi connectivity index (χ0) is 13.8. The highest BCUT2D eigenvalue weighted by Crippen LogP contribution is 2.28. The van der Waals surface area contributed by atoms with Crippen LogP contribution in [0.3, 0.4) is 0 Å². The number of methoxy groups -OCH3 is 1. The first-order valence-corrected chi connectivity index (χ1v) is 6.69. The Morgan fingerprint density at radius 3 is 2.95 bits per heavy atom. The predicted molar refractivity (Wildman–Crippen MR) is 74.3 cm³/mol. The van der Waals surface area contributed by atoms with E-state index in [1.54, 1.807) is 13.3 Å². The first-order chi connectivity index (χ1) is 9.13. The Balaban J connectivity index is 2.23. The van der Waals surface area contributed by atoms with Crippen molar-refractivity contribution in [3.8, 4) is 5.75 Å². The van der Waals surface area contributed by atoms with Crippen molar-refractivity contribution in [2.45, 2.75) is 18.6 Å². The minimum absolute atomic E-state index is 0.0382. The monoisotopic (exact) mass is 265 g/mol. The molecule has 5 heteroatoms. The van der Waals surface area contributed by atoms with E-state index >= 15 is 0 Å². The van der Waals surface area contributed by atoms with Crippen molar-refractivity contribution in [1.82, 2.24) is 14.8 Å². The molecule has 0 spiro atoms. The lowest BCUT2D eigenvalue weighted by Crippen LogP contribution is -2.42. The summed E-state index contributed by atoms with van der Waals surface area (Å²) < 4.78 is 5.30. The van der Waals surface area contributed by atoms with Crippen molar-refractivity contribution in [2.75, 3.05) is 40.8 Å². The van der Waals surface area contributed by atoms with Crippen molar-refractivity contribution < 1.29 is 9.84 Å². The average Bonchev–Trinajstić information content (AvgIpc) is 2.59. The van der Waals surface area contributed by atoms with E-state index in [2.05, 4.69) is 28.9 Å². The third-order valence-electron chi connectivity index (χ3n) is 3.78. The predicted octanol–water partition coefficient (Wildman–Crippen LogP) is 0.760. The standard InChI is InChI=1S/C14H23N3O2/c1-16-8-5-9-17(2)11(10-16)14(18)13-12(19-3)6-4-7-15-13/h4,6-7,11,14,18H,5,8-10H2,1-3H3. The topological polar surface area (TPSA) is 48.8 Å². The molecule has 1 aromatic heterocycles. The molecule has 0 saturated carbocycles. The van der Waals surface area contributed by atoms with Gasteiger partial charge in [-0.2, -0.15) is 0 Å². The molecule has 2 unspecified atom stereocenters. The molecule has 2 heterocycles. The number of likely N-dealkylation sites (N-methyl/N-ethyl adjacent to an activating group) is 2. The molecule has 106 valence electrons. The number of pyridine rings is 1. The van der Waals surface area contributed by atoms with E-state index in [1.165, 1.54) is 0 Å². The molecule has 5 nitrogen and oxygen atoms in total. The number of rotatable bonds is 3. The Morgan fingerprint density at radius 1 is 1.42 bits per heavy atom. The summed E-state index contributed by atoms with van der Waals surface area (Å²) >= 11 is 0. The number of hydrogen-bond acceptors (Lipinski definition) is 5. The van der Waals surface area contributed by atoms with E-state index in [0.29, 0.717) is 11.4 Å². The highest BCUT2D eigenvalue weighted by Gasteiger charge is 2.30. The minimum atomic E-state index is -0.637. The summed E-state index contributed by atoms with van der Waals surface area (Å²) in [5, 5.41) is 10.7. The lowest BCUT2D eigenvalue weighted by Gasteiger charge is -2.31. The fourth-order valence-corrected chi connectivity index (χ4v) is 2.63. The fraction of sp³-hybridized carbons (Fsp3) is 0.643. The van der Waals surface area contributed by atoms with Gasteiger partial charge in [0.2, 0.25) is 0 Å². The Morgan fingerprint density at radius 2 is 2.21 bits per heavy atom. The SMILES string of the molecule is COc1cccnc1C(O)C1CN(C)CCCN1C. The van der Waals surface area contributed by atoms with E-state index in [-0.39, 0.29) is 6.04 Å². The van der Waals surface area contributed by atoms with Crippen LogP contribution in [0.1, 0.15) is 18.2 Å². The molecule has 1 fully saturated rings. The molecule has 1 aliphatic rings. The number of aromatic nitrogens is 1. The van der Waals surface area contributed by atoms with E-state index in [4.69, 9.17) is 4.74 Å². The van der Waals surface area contributed by atoms with Gasteiger partial charge in [0, 0.05) is 12.7 Å². The van der Waals surface area contributed by atoms with Crippen molar-refractivity contribution in [2.24, 2.45) is 0 Å². The summed E-state index contributed by atoms with van der Waals surface area (Å²) in [5.41, 5.74) is 0.622. The maximum atomic E-state index is 10.7. The van der Waals surface area contributed by atoms with Crippen LogP contribution >= 0.6 is 0 Å². The molecule has 1 saturated heterocycles. The minimum Gasteiger partial charge on any atom is -0.495 e. The van der Waals surface area contributed by atoms with Gasteiger partial charge in [-0.25, -0.2) is 0 Å². The summed E-state index contributed by atoms with van der Waals surface area (Å²) in [7, 11) is 5.76. The van der Waals surface area contributed by atoms with Gasteiger partial charge in [-0.05, 0) is 45.7 Å². The summed E-state index contributed by atoms with van der Waals surface area (Å²) in [4.78, 5) is 8.76. The number of aliphatic hydroxyl groups is 1. The molecule has 0 aromatic carbocycles. The quantitative estimate of drug-likeness (QED) is 0.874. The van der Waals surface area contributed by atoms with Crippen molar-refractivity contribution in [3.63, 3.8) is 0 Å². The Labute approximate surface area is 114 Å². The number of nitrogens with zero attached hydrogens (tertiary/aromatic N) is 3. The van der Waals surface area contributed by atoms with Gasteiger partial charge in [-0.3, -0.25) is 9.88 Å². The number of aliphatic hydroxyl groups excluding tert-OH is 1. The second-order valence-corrected chi connectivity index (χ2v) is 5.20. The third-order valence-corrected chi connectivity index (χ3v) is 3.78. The van der Waals surface area contributed by atoms with Crippen LogP contribution in [0.25, 0.3) is 0 Å². The second-order valence-electron chi connectivity index (χ2n) is 5.20. The first kappa shape index (κ1) is 14.2. The lowest BCUT2D eigenvalue weighted by molar-refractivity contribution is 0.0524. The maximum Gasteiger partial charge on any atom is 0.143 e. The van der Waals surface area contributed by atoms with E-state index < -0.39 is 6.10 Å². The number of hydrogen-bond donors (Lipinski definition) is 1. The molecule has 1 aliphatic heterocycles. The van der Waals surface area contributed by atoms with E-state index in [0.717, 1.165) is 26.1 Å². The summed E-state index contributed by atoms with van der Waals surface area (Å²) in [6.45, 7) is 2.88. The summed E-state index contributed by atoms with van der Waals surface area (Å²) in [5.74, 6) is 0.648. The molecule has 1 aromatic rings. The van der Waals surface area contributed by atoms with Crippen LogP contribution in [0, 0.1) is 0 Å². The molecule has 1 N–H and O–H groups in total. The van der Waals surface area contributed by atoms with Crippen LogP contribution in [0.15, 0.2) is 18.3 Å². The van der Waals surface area contributed by atoms with Crippen LogP contribution in [0.2, 0.25) is 0 Å². The maximum absolute atomic E-state index is 10.7. The zero-order valence-electron chi connectivity index (χ0n) is 11.9. The van der Waals surface area contributed by atoms with Crippen LogP contribution in [-0.2, 0) is 0 Å². The van der Waals surface area contributed by atoms with Gasteiger partial charge in [0.1, 0.15) is 17.5 Å². The molecule has 0 amide bonds. The molecule has 0 aliphatic carbocycles. The van der Waals surface area contributed by atoms with Gasteiger partial charge in [-0.1, -0.05) is 0 Å². The van der Waals surface area contributed by atoms with Gasteiger partial charge in [-0.15, -0.1) is 0 Å².